The first kappa shape index (κ1) is 53.9. The van der Waals surface area contributed by atoms with E-state index < -0.39 is 114 Å². The number of benzene rings is 2. The molecule has 374 valence electrons. The zero-order chi connectivity index (χ0) is 49.2. The Morgan fingerprint density at radius 1 is 0.939 bits per heavy atom. The van der Waals surface area contributed by atoms with Gasteiger partial charge in [-0.3, -0.25) is 4.79 Å². The fraction of sp³-hybridized carbons (Fsp3) is 0.760. The minimum absolute atomic E-state index is 0.0145. The number of methoxy groups -OCH3 is 1. The quantitative estimate of drug-likeness (QED) is 0.185. The summed E-state index contributed by atoms with van der Waals surface area (Å²) < 4.78 is 38.0. The van der Waals surface area contributed by atoms with Gasteiger partial charge in [0.1, 0.15) is 30.0 Å². The van der Waals surface area contributed by atoms with E-state index in [4.69, 9.17) is 28.4 Å². The van der Waals surface area contributed by atoms with Crippen LogP contribution in [-0.4, -0.2) is 165 Å². The molecular formula is C50H81N3O13. The van der Waals surface area contributed by atoms with Gasteiger partial charge < -0.3 is 69.1 Å². The Morgan fingerprint density at radius 2 is 1.59 bits per heavy atom. The van der Waals surface area contributed by atoms with Crippen molar-refractivity contribution < 1.29 is 63.5 Å². The van der Waals surface area contributed by atoms with Crippen LogP contribution in [0.25, 0.3) is 10.8 Å². The molecule has 3 fully saturated rings. The number of hydrogen-bond donors (Lipinski definition) is 6. The van der Waals surface area contributed by atoms with Crippen LogP contribution < -0.4 is 5.32 Å². The molecule has 19 atom stereocenters. The number of urea groups is 1. The maximum Gasteiger partial charge on any atom is 0.318 e. The Hall–Kier alpha value is -3.00. The summed E-state index contributed by atoms with van der Waals surface area (Å²) in [5, 5.41) is 65.3. The van der Waals surface area contributed by atoms with Crippen LogP contribution in [0.15, 0.2) is 42.5 Å². The van der Waals surface area contributed by atoms with E-state index in [1.165, 1.54) is 18.9 Å². The molecule has 3 heterocycles. The van der Waals surface area contributed by atoms with Crippen LogP contribution in [0.5, 0.6) is 0 Å². The van der Waals surface area contributed by atoms with Gasteiger partial charge in [-0.2, -0.15) is 0 Å². The molecule has 16 heteroatoms. The van der Waals surface area contributed by atoms with Gasteiger partial charge in [0.15, 0.2) is 12.6 Å². The van der Waals surface area contributed by atoms with Gasteiger partial charge in [0.2, 0.25) is 0 Å². The molecule has 3 saturated heterocycles. The van der Waals surface area contributed by atoms with Crippen LogP contribution >= 0.6 is 0 Å². The second kappa shape index (κ2) is 21.7. The fourth-order valence-electron chi connectivity index (χ4n) is 10.8. The van der Waals surface area contributed by atoms with Crippen molar-refractivity contribution in [1.29, 1.82) is 0 Å². The van der Waals surface area contributed by atoms with E-state index in [0.29, 0.717) is 6.42 Å². The number of aliphatic hydroxyl groups excluding tert-OH is 3. The molecule has 2 aromatic rings. The lowest BCUT2D eigenvalue weighted by atomic mass is 9.77. The molecular weight excluding hydrogens is 851 g/mol. The van der Waals surface area contributed by atoms with Crippen LogP contribution in [0.2, 0.25) is 0 Å². The maximum atomic E-state index is 14.7. The largest absolute Gasteiger partial charge is 0.459 e. The summed E-state index contributed by atoms with van der Waals surface area (Å²) in [5.74, 6) is -3.22. The first-order chi connectivity index (χ1) is 30.8. The number of rotatable bonds is 9. The number of carbonyl (C=O) groups excluding carboxylic acids is 2. The first-order valence-corrected chi connectivity index (χ1v) is 23.8. The third-order valence-electron chi connectivity index (χ3n) is 14.8. The second-order valence-corrected chi connectivity index (χ2v) is 20.6. The molecule has 2 unspecified atom stereocenters. The molecule has 0 spiro atoms. The van der Waals surface area contributed by atoms with Gasteiger partial charge in [-0.05, 0) is 111 Å². The van der Waals surface area contributed by atoms with Crippen molar-refractivity contribution in [3.8, 4) is 0 Å². The Morgan fingerprint density at radius 3 is 2.23 bits per heavy atom. The van der Waals surface area contributed by atoms with Crippen LogP contribution in [0.4, 0.5) is 4.79 Å². The fourth-order valence-corrected chi connectivity index (χ4v) is 10.8. The van der Waals surface area contributed by atoms with Gasteiger partial charge in [-0.15, -0.1) is 0 Å². The highest BCUT2D eigenvalue weighted by molar-refractivity contribution is 5.86. The number of cyclic esters (lactones) is 1. The number of esters is 1. The second-order valence-electron chi connectivity index (χ2n) is 20.6. The number of likely N-dealkylation sites (N-methyl/N-ethyl adjacent to an activating group) is 1. The van der Waals surface area contributed by atoms with Crippen LogP contribution in [0.1, 0.15) is 113 Å². The number of nitrogens with one attached hydrogen (secondary N) is 1. The number of fused-ring (bicyclic) bond motifs is 1. The summed E-state index contributed by atoms with van der Waals surface area (Å²) in [6, 6.07) is 11.4. The summed E-state index contributed by atoms with van der Waals surface area (Å²) in [7, 11) is 5.22. The minimum atomic E-state index is -2.06. The van der Waals surface area contributed by atoms with Gasteiger partial charge >= 0.3 is 12.0 Å². The van der Waals surface area contributed by atoms with Crippen molar-refractivity contribution in [1.82, 2.24) is 15.1 Å². The Bertz CT molecular complexity index is 1910. The third-order valence-corrected chi connectivity index (χ3v) is 14.8. The normalized spacial score (nSPS) is 41.7. The molecule has 16 nitrogen and oxygen atoms in total. The van der Waals surface area contributed by atoms with E-state index in [9.17, 15) is 35.1 Å². The molecule has 2 aromatic carbocycles. The van der Waals surface area contributed by atoms with Crippen LogP contribution in [0.3, 0.4) is 0 Å². The van der Waals surface area contributed by atoms with E-state index in [2.05, 4.69) is 5.32 Å². The summed E-state index contributed by atoms with van der Waals surface area (Å²) in [4.78, 5) is 32.6. The lowest BCUT2D eigenvalue weighted by Crippen LogP contribution is -2.61. The zero-order valence-electron chi connectivity index (χ0n) is 41.7. The molecule has 5 rings (SSSR count). The maximum absolute atomic E-state index is 14.7. The van der Waals surface area contributed by atoms with E-state index in [-0.39, 0.29) is 38.0 Å². The van der Waals surface area contributed by atoms with E-state index in [0.717, 1.165) is 16.3 Å². The predicted octanol–water partition coefficient (Wildman–Crippen LogP) is 4.89. The van der Waals surface area contributed by atoms with E-state index >= 15 is 0 Å². The standard InChI is InChI=1S/C50H81N3O13/c1-15-38-50(11,60)42(55)32(7)53(47(58)51-31(6)35-22-18-20-34-19-16-17-21-36(34)35)26-27(2)24-48(9,59)44(66-46-40(54)37(52(12)13)23-28(3)62-46)29(4)41(30(5)45(57)64-38)65-39-25-49(10,61-14)43(56)33(8)63-39/h16-22,27-33,37-44,46,54-56,59-60H,15,23-26H2,1-14H3,(H,51,58)/t27-,28-,29+,30-,31?,32-,33+,37+,38-,39+,40-,41+,42-,43+,44-,46+,48?,49-,50-/m1/s1. The van der Waals surface area contributed by atoms with Crippen molar-refractivity contribution in [3.05, 3.63) is 48.0 Å². The zero-order valence-corrected chi connectivity index (χ0v) is 41.7. The van der Waals surface area contributed by atoms with Gasteiger partial charge in [0.05, 0.1) is 53.6 Å². The van der Waals surface area contributed by atoms with Crippen molar-refractivity contribution in [3.63, 3.8) is 0 Å². The van der Waals surface area contributed by atoms with Crippen molar-refractivity contribution in [2.24, 2.45) is 17.8 Å². The highest BCUT2D eigenvalue weighted by atomic mass is 16.7. The molecule has 2 amide bonds. The van der Waals surface area contributed by atoms with Crippen molar-refractivity contribution in [2.75, 3.05) is 27.7 Å². The molecule has 0 aliphatic carbocycles. The SMILES string of the molecule is CC[C@H]1OC(=O)[C@H](C)[C@@H](O[C@H]2C[C@@](C)(OC)[C@@H](O)[C@H](C)O2)[C@H](C)[C@@H](O[C@@H]2O[C@H](C)C[C@H](N(C)C)[C@H]2O)C(C)(O)C[C@@H](C)CN(C(=O)NC(C)c2cccc3ccccc23)[C@H](C)[C@@H](O)[C@]1(C)O. The molecule has 3 aliphatic rings. The average molecular weight is 932 g/mol. The molecule has 66 heavy (non-hydrogen) atoms. The van der Waals surface area contributed by atoms with Gasteiger partial charge in [-0.25, -0.2) is 4.79 Å². The topological polar surface area (TPSA) is 209 Å². The third kappa shape index (κ3) is 11.7. The van der Waals surface area contributed by atoms with E-state index in [1.807, 2.05) is 82.2 Å². The van der Waals surface area contributed by atoms with Crippen molar-refractivity contribution >= 4 is 22.8 Å². The summed E-state index contributed by atoms with van der Waals surface area (Å²) in [6.45, 7) is 18.9. The smallest absolute Gasteiger partial charge is 0.318 e. The Balaban J connectivity index is 1.60. The Labute approximate surface area is 392 Å². The number of nitrogens with zero attached hydrogens (tertiary/aromatic N) is 2. The lowest BCUT2D eigenvalue weighted by molar-refractivity contribution is -0.318. The van der Waals surface area contributed by atoms with Crippen LogP contribution in [0, 0.1) is 17.8 Å². The van der Waals surface area contributed by atoms with Crippen molar-refractivity contribution in [2.45, 2.75) is 198 Å². The van der Waals surface area contributed by atoms with Gasteiger partial charge in [0.25, 0.3) is 0 Å². The highest BCUT2D eigenvalue weighted by Gasteiger charge is 2.53. The molecule has 0 aromatic heterocycles. The first-order valence-electron chi connectivity index (χ1n) is 23.8. The number of ether oxygens (including phenoxy) is 6. The van der Waals surface area contributed by atoms with Gasteiger partial charge in [-0.1, -0.05) is 63.2 Å². The van der Waals surface area contributed by atoms with Gasteiger partial charge in [0, 0.05) is 32.0 Å². The van der Waals surface area contributed by atoms with E-state index in [1.54, 1.807) is 48.5 Å². The summed E-state index contributed by atoms with van der Waals surface area (Å²) >= 11 is 0. The predicted molar refractivity (Wildman–Crippen MR) is 249 cm³/mol. The molecule has 0 radical (unpaired) electrons. The minimum Gasteiger partial charge on any atom is -0.459 e. The molecule has 3 aliphatic heterocycles. The molecule has 6 N–H and O–H groups in total. The Kier molecular flexibility index (Phi) is 17.8. The number of carbonyl (C=O) groups is 2. The van der Waals surface area contributed by atoms with Crippen LogP contribution in [-0.2, 0) is 33.2 Å². The number of aliphatic hydroxyl groups is 5. The summed E-state index contributed by atoms with van der Waals surface area (Å²) in [5.41, 5.74) is -3.99. The monoisotopic (exact) mass is 932 g/mol. The molecule has 0 saturated carbocycles. The lowest BCUT2D eigenvalue weighted by Gasteiger charge is -2.48. The highest BCUT2D eigenvalue weighted by Crippen LogP contribution is 2.40. The number of amides is 2. The molecule has 0 bridgehead atoms. The number of hydrogen-bond acceptors (Lipinski definition) is 14. The summed E-state index contributed by atoms with van der Waals surface area (Å²) in [6.07, 6.45) is -9.80. The average Bonchev–Trinajstić information content (AvgIpc) is 3.26.